The molecule has 0 heterocycles. The highest BCUT2D eigenvalue weighted by molar-refractivity contribution is 6.46. The highest BCUT2D eigenvalue weighted by Crippen LogP contribution is 2.47. The quantitative estimate of drug-likeness (QED) is 0.515. The second-order valence-corrected chi connectivity index (χ2v) is 3.35. The summed E-state index contributed by atoms with van der Waals surface area (Å²) < 4.78 is 48.6. The van der Waals surface area contributed by atoms with Gasteiger partial charge in [-0.2, -0.15) is 13.2 Å². The van der Waals surface area contributed by atoms with Gasteiger partial charge in [-0.25, -0.2) is 4.39 Å². The van der Waals surface area contributed by atoms with E-state index in [1.165, 1.54) is 0 Å². The number of hydrogen-bond donors (Lipinski definition) is 0. The van der Waals surface area contributed by atoms with E-state index in [4.69, 9.17) is 11.6 Å². The van der Waals surface area contributed by atoms with Gasteiger partial charge in [-0.1, -0.05) is 23.2 Å². The van der Waals surface area contributed by atoms with Gasteiger partial charge in [0.2, 0.25) is 5.29 Å². The van der Waals surface area contributed by atoms with Crippen LogP contribution in [0.5, 0.6) is 0 Å². The fourth-order valence-electron chi connectivity index (χ4n) is 0.243. The normalized spacial score (nSPS) is 20.0. The summed E-state index contributed by atoms with van der Waals surface area (Å²) in [6, 6.07) is 0. The molecule has 0 aromatic rings. The fraction of sp³-hybridized carbons (Fsp3) is 0.500. The standard InChI is InChI=1S/C4Cl4F4/c5-1(2(6)9)3(7,10)4(8,11)12. The lowest BCUT2D eigenvalue weighted by Gasteiger charge is -2.21. The van der Waals surface area contributed by atoms with Crippen LogP contribution in [0.3, 0.4) is 0 Å². The van der Waals surface area contributed by atoms with E-state index >= 15 is 0 Å². The molecule has 0 saturated heterocycles. The molecule has 12 heavy (non-hydrogen) atoms. The van der Waals surface area contributed by atoms with Gasteiger partial charge >= 0.3 is 10.5 Å². The molecule has 0 aromatic carbocycles. The van der Waals surface area contributed by atoms with Crippen molar-refractivity contribution < 1.29 is 17.6 Å². The van der Waals surface area contributed by atoms with Gasteiger partial charge in [0, 0.05) is 0 Å². The number of rotatable bonds is 2. The first-order valence-electron chi connectivity index (χ1n) is 2.26. The van der Waals surface area contributed by atoms with Crippen LogP contribution in [0, 0.1) is 0 Å². The van der Waals surface area contributed by atoms with Crippen LogP contribution in [-0.2, 0) is 0 Å². The Kier molecular flexibility index (Phi) is 3.98. The topological polar surface area (TPSA) is 0 Å². The largest absolute Gasteiger partial charge is 0.374 e. The summed E-state index contributed by atoms with van der Waals surface area (Å²) in [5.41, 5.74) is 0. The predicted molar refractivity (Wildman–Crippen MR) is 40.3 cm³/mol. The van der Waals surface area contributed by atoms with Gasteiger partial charge in [0.25, 0.3) is 0 Å². The second-order valence-electron chi connectivity index (χ2n) is 1.65. The molecule has 0 bridgehead atoms. The highest BCUT2D eigenvalue weighted by atomic mass is 35.5. The first-order chi connectivity index (χ1) is 5.10. The van der Waals surface area contributed by atoms with E-state index in [1.54, 1.807) is 0 Å². The third kappa shape index (κ3) is 2.55. The summed E-state index contributed by atoms with van der Waals surface area (Å²) in [6.07, 6.45) is 0. The van der Waals surface area contributed by atoms with E-state index < -0.39 is 20.8 Å². The van der Waals surface area contributed by atoms with Gasteiger partial charge in [0.1, 0.15) is 5.03 Å². The van der Waals surface area contributed by atoms with Crippen molar-refractivity contribution in [2.75, 3.05) is 0 Å². The van der Waals surface area contributed by atoms with Crippen molar-refractivity contribution in [3.05, 3.63) is 10.3 Å². The zero-order chi connectivity index (χ0) is 10.2. The molecule has 72 valence electrons. The van der Waals surface area contributed by atoms with Crippen molar-refractivity contribution in [3.63, 3.8) is 0 Å². The molecule has 0 aromatic heterocycles. The molecule has 0 rings (SSSR count). The van der Waals surface area contributed by atoms with Gasteiger partial charge < -0.3 is 0 Å². The van der Waals surface area contributed by atoms with Crippen LogP contribution in [-0.4, -0.2) is 10.5 Å². The van der Waals surface area contributed by atoms with E-state index in [0.29, 0.717) is 0 Å². The smallest absolute Gasteiger partial charge is 0.211 e. The Labute approximate surface area is 85.0 Å². The first kappa shape index (κ1) is 12.6. The van der Waals surface area contributed by atoms with Gasteiger partial charge in [0.15, 0.2) is 0 Å². The molecular weight excluding hydrogens is 266 g/mol. The molecule has 0 fully saturated rings. The molecule has 0 saturated carbocycles. The van der Waals surface area contributed by atoms with E-state index in [1.807, 2.05) is 0 Å². The summed E-state index contributed by atoms with van der Waals surface area (Å²) in [4.78, 5) is 0. The van der Waals surface area contributed by atoms with E-state index in [-0.39, 0.29) is 0 Å². The van der Waals surface area contributed by atoms with Gasteiger partial charge in [-0.15, -0.1) is 0 Å². The van der Waals surface area contributed by atoms with Crippen molar-refractivity contribution in [2.45, 2.75) is 10.5 Å². The zero-order valence-electron chi connectivity index (χ0n) is 5.02. The number of allylic oxidation sites excluding steroid dienone is 1. The molecule has 0 aliphatic rings. The number of alkyl halides is 5. The SMILES string of the molecule is FC(Cl)=C(Cl)C(F)(Cl)C(F)(F)Cl. The third-order valence-electron chi connectivity index (χ3n) is 0.798. The average Bonchev–Trinajstić information content (AvgIpc) is 1.83. The fourth-order valence-corrected chi connectivity index (χ4v) is 0.766. The molecule has 0 spiro atoms. The minimum absolute atomic E-state index is 1.69. The maximum Gasteiger partial charge on any atom is 0.374 e. The molecule has 1 unspecified atom stereocenters. The molecule has 0 amide bonds. The third-order valence-corrected chi connectivity index (χ3v) is 2.39. The zero-order valence-corrected chi connectivity index (χ0v) is 8.05. The minimum atomic E-state index is -4.54. The molecule has 0 aliphatic carbocycles. The van der Waals surface area contributed by atoms with Crippen LogP contribution >= 0.6 is 46.4 Å². The van der Waals surface area contributed by atoms with Gasteiger partial charge in [0.05, 0.1) is 0 Å². The Morgan fingerprint density at radius 2 is 1.33 bits per heavy atom. The van der Waals surface area contributed by atoms with Crippen molar-refractivity contribution in [2.24, 2.45) is 0 Å². The first-order valence-corrected chi connectivity index (χ1v) is 3.77. The summed E-state index contributed by atoms with van der Waals surface area (Å²) >= 11 is 17.9. The molecule has 0 N–H and O–H groups in total. The van der Waals surface area contributed by atoms with E-state index in [2.05, 4.69) is 34.8 Å². The minimum Gasteiger partial charge on any atom is -0.211 e. The van der Waals surface area contributed by atoms with Crippen LogP contribution < -0.4 is 0 Å². The summed E-state index contributed by atoms with van der Waals surface area (Å²) in [5, 5.41) is -12.2. The van der Waals surface area contributed by atoms with Crippen LogP contribution in [0.15, 0.2) is 10.3 Å². The maximum absolute atomic E-state index is 12.6. The monoisotopic (exact) mass is 264 g/mol. The van der Waals surface area contributed by atoms with Gasteiger partial charge in [-0.05, 0) is 23.2 Å². The summed E-state index contributed by atoms with van der Waals surface area (Å²) in [5.74, 6) is 0. The van der Waals surface area contributed by atoms with Crippen molar-refractivity contribution >= 4 is 46.4 Å². The van der Waals surface area contributed by atoms with Crippen LogP contribution in [0.2, 0.25) is 0 Å². The van der Waals surface area contributed by atoms with Crippen molar-refractivity contribution in [3.8, 4) is 0 Å². The Bertz CT molecular complexity index is 202. The average molecular weight is 266 g/mol. The van der Waals surface area contributed by atoms with E-state index in [9.17, 15) is 17.6 Å². The van der Waals surface area contributed by atoms with Crippen molar-refractivity contribution in [1.82, 2.24) is 0 Å². The Morgan fingerprint density at radius 1 is 1.00 bits per heavy atom. The highest BCUT2D eigenvalue weighted by Gasteiger charge is 2.56. The van der Waals surface area contributed by atoms with Crippen LogP contribution in [0.1, 0.15) is 0 Å². The lowest BCUT2D eigenvalue weighted by atomic mass is 10.4. The van der Waals surface area contributed by atoms with Gasteiger partial charge in [-0.3, -0.25) is 0 Å². The molecule has 0 aliphatic heterocycles. The maximum atomic E-state index is 12.6. The Morgan fingerprint density at radius 3 is 1.42 bits per heavy atom. The van der Waals surface area contributed by atoms with Crippen molar-refractivity contribution in [1.29, 1.82) is 0 Å². The Hall–Kier alpha value is 0.620. The summed E-state index contributed by atoms with van der Waals surface area (Å²) in [6.45, 7) is 0. The summed E-state index contributed by atoms with van der Waals surface area (Å²) in [7, 11) is 0. The van der Waals surface area contributed by atoms with Crippen LogP contribution in [0.25, 0.3) is 0 Å². The lowest BCUT2D eigenvalue weighted by Crippen LogP contribution is -2.34. The Balaban J connectivity index is 5.01. The lowest BCUT2D eigenvalue weighted by molar-refractivity contribution is 0.00319. The number of halogens is 8. The molecule has 0 nitrogen and oxygen atoms in total. The second kappa shape index (κ2) is 3.78. The number of hydrogen-bond acceptors (Lipinski definition) is 0. The molecular formula is C4Cl4F4. The molecule has 8 heteroatoms. The predicted octanol–water partition coefficient (Wildman–Crippen LogP) is 4.34. The molecule has 1 atom stereocenters. The van der Waals surface area contributed by atoms with Crippen LogP contribution in [0.4, 0.5) is 17.6 Å². The molecule has 0 radical (unpaired) electrons. The van der Waals surface area contributed by atoms with E-state index in [0.717, 1.165) is 0 Å².